The maximum Gasteiger partial charge on any atom is 0.159 e. The summed E-state index contributed by atoms with van der Waals surface area (Å²) < 4.78 is 5.49. The second-order valence-electron chi connectivity index (χ2n) is 3.78. The third-order valence-corrected chi connectivity index (χ3v) is 2.21. The second-order valence-corrected chi connectivity index (χ2v) is 3.78. The van der Waals surface area contributed by atoms with Crippen molar-refractivity contribution in [3.8, 4) is 0 Å². The van der Waals surface area contributed by atoms with Crippen molar-refractivity contribution < 1.29 is 4.74 Å². The van der Waals surface area contributed by atoms with E-state index in [1.807, 2.05) is 26.8 Å². The first-order valence-corrected chi connectivity index (χ1v) is 5.88. The molecule has 0 saturated heterocycles. The van der Waals surface area contributed by atoms with E-state index < -0.39 is 0 Å². The van der Waals surface area contributed by atoms with Crippen molar-refractivity contribution in [3.05, 3.63) is 17.6 Å². The van der Waals surface area contributed by atoms with Crippen LogP contribution in [0.3, 0.4) is 0 Å². The summed E-state index contributed by atoms with van der Waals surface area (Å²) in [6.07, 6.45) is 1.03. The van der Waals surface area contributed by atoms with Crippen LogP contribution in [0, 0.1) is 6.92 Å². The van der Waals surface area contributed by atoms with Gasteiger partial charge >= 0.3 is 0 Å². The quantitative estimate of drug-likeness (QED) is 0.805. The molecule has 0 aliphatic heterocycles. The van der Waals surface area contributed by atoms with E-state index in [1.54, 1.807) is 0 Å². The number of ether oxygens (including phenoxy) is 1. The minimum atomic E-state index is -0.0490. The van der Waals surface area contributed by atoms with Crippen LogP contribution < -0.4 is 5.32 Å². The minimum absolute atomic E-state index is 0.0490. The van der Waals surface area contributed by atoms with Crippen molar-refractivity contribution in [1.82, 2.24) is 9.97 Å². The molecule has 4 heteroatoms. The molecule has 0 aromatic carbocycles. The van der Waals surface area contributed by atoms with E-state index in [4.69, 9.17) is 4.74 Å². The highest BCUT2D eigenvalue weighted by Crippen LogP contribution is 2.15. The van der Waals surface area contributed by atoms with Crippen LogP contribution in [0.4, 0.5) is 5.82 Å². The topological polar surface area (TPSA) is 47.0 Å². The molecule has 1 aromatic rings. The van der Waals surface area contributed by atoms with Crippen LogP contribution in [0.2, 0.25) is 0 Å². The highest BCUT2D eigenvalue weighted by molar-refractivity contribution is 5.35. The van der Waals surface area contributed by atoms with Crippen molar-refractivity contribution in [2.75, 3.05) is 18.5 Å². The normalized spacial score (nSPS) is 12.5. The predicted octanol–water partition coefficient (Wildman–Crippen LogP) is 2.70. The van der Waals surface area contributed by atoms with Gasteiger partial charge in [-0.15, -0.1) is 0 Å². The third kappa shape index (κ3) is 3.77. The minimum Gasteiger partial charge on any atom is -0.371 e. The zero-order chi connectivity index (χ0) is 12.0. The summed E-state index contributed by atoms with van der Waals surface area (Å²) in [7, 11) is 0. The molecule has 1 N–H and O–H groups in total. The van der Waals surface area contributed by atoms with Crippen LogP contribution in [0.5, 0.6) is 0 Å². The summed E-state index contributed by atoms with van der Waals surface area (Å²) in [4.78, 5) is 8.83. The molecule has 4 nitrogen and oxygen atoms in total. The fraction of sp³-hybridized carbons (Fsp3) is 0.667. The fourth-order valence-corrected chi connectivity index (χ4v) is 1.44. The van der Waals surface area contributed by atoms with Crippen molar-refractivity contribution in [2.24, 2.45) is 0 Å². The van der Waals surface area contributed by atoms with E-state index in [1.165, 1.54) is 0 Å². The number of aryl methyl sites for hydroxylation is 1. The van der Waals surface area contributed by atoms with Gasteiger partial charge in [0.05, 0.1) is 0 Å². The van der Waals surface area contributed by atoms with E-state index in [0.29, 0.717) is 6.61 Å². The van der Waals surface area contributed by atoms with E-state index in [-0.39, 0.29) is 6.10 Å². The smallest absolute Gasteiger partial charge is 0.159 e. The average Bonchev–Trinajstić information content (AvgIpc) is 2.26. The monoisotopic (exact) mass is 223 g/mol. The summed E-state index contributed by atoms with van der Waals surface area (Å²) >= 11 is 0. The maximum absolute atomic E-state index is 5.49. The Morgan fingerprint density at radius 3 is 2.75 bits per heavy atom. The lowest BCUT2D eigenvalue weighted by atomic mass is 10.3. The molecule has 1 aromatic heterocycles. The van der Waals surface area contributed by atoms with Gasteiger partial charge in [-0.3, -0.25) is 0 Å². The van der Waals surface area contributed by atoms with Crippen molar-refractivity contribution in [3.63, 3.8) is 0 Å². The highest BCUT2D eigenvalue weighted by Gasteiger charge is 2.10. The number of anilines is 1. The van der Waals surface area contributed by atoms with Crippen molar-refractivity contribution >= 4 is 5.82 Å². The molecule has 0 aliphatic rings. The van der Waals surface area contributed by atoms with Crippen LogP contribution in [0.15, 0.2) is 6.07 Å². The summed E-state index contributed by atoms with van der Waals surface area (Å²) in [6, 6.07) is 1.96. The molecular weight excluding hydrogens is 202 g/mol. The third-order valence-electron chi connectivity index (χ3n) is 2.21. The lowest BCUT2D eigenvalue weighted by Gasteiger charge is -2.12. The Bertz CT molecular complexity index is 328. The summed E-state index contributed by atoms with van der Waals surface area (Å²) in [5.74, 6) is 1.64. The van der Waals surface area contributed by atoms with Crippen molar-refractivity contribution in [1.29, 1.82) is 0 Å². The van der Waals surface area contributed by atoms with Gasteiger partial charge in [0.25, 0.3) is 0 Å². The number of nitrogens with zero attached hydrogens (tertiary/aromatic N) is 2. The number of rotatable bonds is 6. The molecule has 0 radical (unpaired) electrons. The molecule has 0 amide bonds. The van der Waals surface area contributed by atoms with Gasteiger partial charge in [0.15, 0.2) is 5.82 Å². The highest BCUT2D eigenvalue weighted by atomic mass is 16.5. The van der Waals surface area contributed by atoms with Crippen molar-refractivity contribution in [2.45, 2.75) is 40.2 Å². The maximum atomic E-state index is 5.49. The molecule has 1 unspecified atom stereocenters. The Labute approximate surface area is 97.5 Å². The molecule has 16 heavy (non-hydrogen) atoms. The van der Waals surface area contributed by atoms with Gasteiger partial charge in [0.1, 0.15) is 11.9 Å². The largest absolute Gasteiger partial charge is 0.371 e. The van der Waals surface area contributed by atoms with Gasteiger partial charge in [-0.05, 0) is 27.2 Å². The van der Waals surface area contributed by atoms with Crippen LogP contribution in [0.1, 0.15) is 44.8 Å². The Kier molecular flexibility index (Phi) is 5.19. The Hall–Kier alpha value is -1.16. The first-order chi connectivity index (χ1) is 7.67. The standard InChI is InChI=1S/C12H21N3O/c1-5-7-13-11-8-9(3)14-12(15-11)10(4)16-6-2/h8,10H,5-7H2,1-4H3,(H,13,14,15). The van der Waals surface area contributed by atoms with Crippen LogP contribution in [-0.4, -0.2) is 23.1 Å². The van der Waals surface area contributed by atoms with Gasteiger partial charge in [-0.2, -0.15) is 0 Å². The fourth-order valence-electron chi connectivity index (χ4n) is 1.44. The second kappa shape index (κ2) is 6.43. The molecule has 0 fully saturated rings. The van der Waals surface area contributed by atoms with Gasteiger partial charge in [0, 0.05) is 24.9 Å². The number of hydrogen-bond acceptors (Lipinski definition) is 4. The molecule has 0 spiro atoms. The van der Waals surface area contributed by atoms with Crippen LogP contribution in [0.25, 0.3) is 0 Å². The molecule has 90 valence electrons. The summed E-state index contributed by atoms with van der Waals surface area (Å²) in [5.41, 5.74) is 0.968. The lowest BCUT2D eigenvalue weighted by Crippen LogP contribution is -2.10. The first kappa shape index (κ1) is 12.9. The van der Waals surface area contributed by atoms with E-state index in [2.05, 4.69) is 22.2 Å². The number of nitrogens with one attached hydrogen (secondary N) is 1. The van der Waals surface area contributed by atoms with E-state index >= 15 is 0 Å². The Morgan fingerprint density at radius 2 is 2.12 bits per heavy atom. The molecule has 0 aliphatic carbocycles. The summed E-state index contributed by atoms with van der Waals surface area (Å²) in [6.45, 7) is 9.66. The number of aromatic nitrogens is 2. The van der Waals surface area contributed by atoms with E-state index in [0.717, 1.165) is 30.3 Å². The zero-order valence-electron chi connectivity index (χ0n) is 10.6. The molecule has 1 rings (SSSR count). The molecule has 0 saturated carbocycles. The van der Waals surface area contributed by atoms with Gasteiger partial charge in [-0.25, -0.2) is 9.97 Å². The zero-order valence-corrected chi connectivity index (χ0v) is 10.6. The molecular formula is C12H21N3O. The SMILES string of the molecule is CCCNc1cc(C)nc(C(C)OCC)n1. The van der Waals surface area contributed by atoms with Gasteiger partial charge in [-0.1, -0.05) is 6.92 Å². The molecule has 1 heterocycles. The Balaban J connectivity index is 2.80. The molecule has 1 atom stereocenters. The van der Waals surface area contributed by atoms with Crippen LogP contribution in [-0.2, 0) is 4.74 Å². The Morgan fingerprint density at radius 1 is 1.38 bits per heavy atom. The first-order valence-electron chi connectivity index (χ1n) is 5.88. The van der Waals surface area contributed by atoms with E-state index in [9.17, 15) is 0 Å². The summed E-state index contributed by atoms with van der Waals surface area (Å²) in [5, 5.41) is 3.27. The number of hydrogen-bond donors (Lipinski definition) is 1. The molecule has 0 bridgehead atoms. The lowest BCUT2D eigenvalue weighted by molar-refractivity contribution is 0.0700. The average molecular weight is 223 g/mol. The predicted molar refractivity (Wildman–Crippen MR) is 65.6 cm³/mol. The van der Waals surface area contributed by atoms with Gasteiger partial charge in [0.2, 0.25) is 0 Å². The van der Waals surface area contributed by atoms with Crippen LogP contribution >= 0.6 is 0 Å². The van der Waals surface area contributed by atoms with Gasteiger partial charge < -0.3 is 10.1 Å².